The third-order valence-corrected chi connectivity index (χ3v) is 5.86. The van der Waals surface area contributed by atoms with Crippen molar-refractivity contribution in [2.45, 2.75) is 43.6 Å². The van der Waals surface area contributed by atoms with Gasteiger partial charge in [-0.25, -0.2) is 8.42 Å². The fourth-order valence-corrected chi connectivity index (χ4v) is 4.26. The average Bonchev–Trinajstić information content (AvgIpc) is 3.14. The number of rotatable bonds is 7. The Morgan fingerprint density at radius 1 is 1.11 bits per heavy atom. The van der Waals surface area contributed by atoms with Gasteiger partial charge in [-0.05, 0) is 56.0 Å². The zero-order valence-corrected chi connectivity index (χ0v) is 16.7. The van der Waals surface area contributed by atoms with Gasteiger partial charge in [-0.2, -0.15) is 0 Å². The Hall–Kier alpha value is -2.74. The number of ether oxygens (including phenoxy) is 2. The first-order chi connectivity index (χ1) is 13.4. The van der Waals surface area contributed by atoms with Crippen molar-refractivity contribution in [3.8, 4) is 11.5 Å². The van der Waals surface area contributed by atoms with E-state index in [1.165, 1.54) is 32.2 Å². The third kappa shape index (κ3) is 4.95. The molecule has 0 atom stereocenters. The monoisotopic (exact) mass is 404 g/mol. The van der Waals surface area contributed by atoms with E-state index in [1.54, 1.807) is 18.2 Å². The molecule has 3 rings (SSSR count). The Balaban J connectivity index is 1.80. The van der Waals surface area contributed by atoms with Crippen molar-refractivity contribution in [2.24, 2.45) is 0 Å². The van der Waals surface area contributed by atoms with Crippen molar-refractivity contribution >= 4 is 27.3 Å². The molecule has 2 aromatic rings. The highest BCUT2D eigenvalue weighted by atomic mass is 32.2. The van der Waals surface area contributed by atoms with Crippen LogP contribution >= 0.6 is 0 Å². The van der Waals surface area contributed by atoms with E-state index in [-0.39, 0.29) is 22.6 Å². The normalized spacial score (nSPS) is 14.5. The summed E-state index contributed by atoms with van der Waals surface area (Å²) in [5.74, 6) is 0.694. The summed E-state index contributed by atoms with van der Waals surface area (Å²) in [6, 6.07) is 11.2. The first-order valence-corrected chi connectivity index (χ1v) is 10.6. The standard InChI is InChI=1S/C20H24N2O5S/c1-14(23)21-19-13-18(10-11-20(19)26-2)28(24,25)22-15-6-5-9-17(12-15)27-16-7-3-4-8-16/h5-6,9-13,16,22H,3-4,7-8H2,1-2H3,(H,21,23). The number of nitrogens with one attached hydrogen (secondary N) is 2. The SMILES string of the molecule is COc1ccc(S(=O)(=O)Nc2cccc(OC3CCCC3)c2)cc1NC(C)=O. The second-order valence-corrected chi connectivity index (χ2v) is 8.38. The van der Waals surface area contributed by atoms with Crippen LogP contribution in [0.2, 0.25) is 0 Å². The maximum absolute atomic E-state index is 12.8. The number of sulfonamides is 1. The molecular formula is C20H24N2O5S. The number of hydrogen-bond donors (Lipinski definition) is 2. The molecule has 7 nitrogen and oxygen atoms in total. The first kappa shape index (κ1) is 20.0. The van der Waals surface area contributed by atoms with Crippen LogP contribution in [0.3, 0.4) is 0 Å². The molecule has 0 radical (unpaired) electrons. The predicted octanol–water partition coefficient (Wildman–Crippen LogP) is 3.78. The van der Waals surface area contributed by atoms with E-state index in [9.17, 15) is 13.2 Å². The summed E-state index contributed by atoms with van der Waals surface area (Å²) in [6.07, 6.45) is 4.55. The number of carbonyl (C=O) groups is 1. The number of anilines is 2. The van der Waals surface area contributed by atoms with Crippen LogP contribution in [0.5, 0.6) is 11.5 Å². The van der Waals surface area contributed by atoms with Crippen LogP contribution in [-0.4, -0.2) is 27.5 Å². The van der Waals surface area contributed by atoms with E-state index in [0.29, 0.717) is 17.2 Å². The third-order valence-electron chi connectivity index (χ3n) is 4.48. The summed E-state index contributed by atoms with van der Waals surface area (Å²) in [7, 11) is -2.41. The molecule has 0 bridgehead atoms. The number of benzene rings is 2. The summed E-state index contributed by atoms with van der Waals surface area (Å²) in [4.78, 5) is 11.4. The van der Waals surface area contributed by atoms with E-state index in [4.69, 9.17) is 9.47 Å². The number of amides is 1. The predicted molar refractivity (Wildman–Crippen MR) is 107 cm³/mol. The molecule has 8 heteroatoms. The highest BCUT2D eigenvalue weighted by molar-refractivity contribution is 7.92. The fourth-order valence-electron chi connectivity index (χ4n) is 3.19. The molecule has 2 aromatic carbocycles. The molecule has 28 heavy (non-hydrogen) atoms. The van der Waals surface area contributed by atoms with Gasteiger partial charge < -0.3 is 14.8 Å². The van der Waals surface area contributed by atoms with Crippen LogP contribution in [0.1, 0.15) is 32.6 Å². The minimum atomic E-state index is -3.85. The Kier molecular flexibility index (Phi) is 6.08. The minimum absolute atomic E-state index is 0.0131. The lowest BCUT2D eigenvalue weighted by atomic mass is 10.3. The molecule has 0 aromatic heterocycles. The Bertz CT molecular complexity index is 953. The highest BCUT2D eigenvalue weighted by Crippen LogP contribution is 2.30. The van der Waals surface area contributed by atoms with Crippen molar-refractivity contribution in [2.75, 3.05) is 17.1 Å². The van der Waals surface area contributed by atoms with Crippen LogP contribution in [-0.2, 0) is 14.8 Å². The highest BCUT2D eigenvalue weighted by Gasteiger charge is 2.19. The summed E-state index contributed by atoms with van der Waals surface area (Å²) < 4.78 is 39.2. The molecule has 1 amide bonds. The summed E-state index contributed by atoms with van der Waals surface area (Å²) in [6.45, 7) is 1.34. The van der Waals surface area contributed by atoms with E-state index in [2.05, 4.69) is 10.0 Å². The summed E-state index contributed by atoms with van der Waals surface area (Å²) >= 11 is 0. The molecular weight excluding hydrogens is 380 g/mol. The van der Waals surface area contributed by atoms with E-state index in [0.717, 1.165) is 25.7 Å². The number of hydrogen-bond acceptors (Lipinski definition) is 5. The molecule has 0 aliphatic heterocycles. The van der Waals surface area contributed by atoms with Crippen LogP contribution in [0.25, 0.3) is 0 Å². The van der Waals surface area contributed by atoms with Crippen LogP contribution in [0, 0.1) is 0 Å². The van der Waals surface area contributed by atoms with Crippen molar-refractivity contribution in [3.05, 3.63) is 42.5 Å². The van der Waals surface area contributed by atoms with Crippen LogP contribution in [0.15, 0.2) is 47.4 Å². The molecule has 1 aliphatic rings. The van der Waals surface area contributed by atoms with E-state index in [1.807, 2.05) is 6.07 Å². The maximum atomic E-state index is 12.8. The van der Waals surface area contributed by atoms with E-state index >= 15 is 0 Å². The van der Waals surface area contributed by atoms with Crippen molar-refractivity contribution in [1.82, 2.24) is 0 Å². The summed E-state index contributed by atoms with van der Waals surface area (Å²) in [5, 5.41) is 2.57. The zero-order valence-electron chi connectivity index (χ0n) is 15.9. The van der Waals surface area contributed by atoms with Gasteiger partial charge in [-0.15, -0.1) is 0 Å². The molecule has 1 aliphatic carbocycles. The van der Waals surface area contributed by atoms with Crippen molar-refractivity contribution in [3.63, 3.8) is 0 Å². The lowest BCUT2D eigenvalue weighted by molar-refractivity contribution is -0.114. The number of carbonyl (C=O) groups excluding carboxylic acids is 1. The number of methoxy groups -OCH3 is 1. The quantitative estimate of drug-likeness (QED) is 0.733. The Labute approximate surface area is 165 Å². The topological polar surface area (TPSA) is 93.7 Å². The lowest BCUT2D eigenvalue weighted by Crippen LogP contribution is -2.15. The van der Waals surface area contributed by atoms with Gasteiger partial charge in [0.05, 0.1) is 29.5 Å². The van der Waals surface area contributed by atoms with Crippen molar-refractivity contribution < 1.29 is 22.7 Å². The van der Waals surface area contributed by atoms with Gasteiger partial charge in [0.2, 0.25) is 5.91 Å². The Morgan fingerprint density at radius 2 is 1.86 bits per heavy atom. The molecule has 2 N–H and O–H groups in total. The second-order valence-electron chi connectivity index (χ2n) is 6.70. The smallest absolute Gasteiger partial charge is 0.261 e. The summed E-state index contributed by atoms with van der Waals surface area (Å²) in [5.41, 5.74) is 0.698. The van der Waals surface area contributed by atoms with Gasteiger partial charge in [0.25, 0.3) is 10.0 Å². The lowest BCUT2D eigenvalue weighted by Gasteiger charge is -2.15. The Morgan fingerprint density at radius 3 is 2.54 bits per heavy atom. The second kappa shape index (κ2) is 8.52. The minimum Gasteiger partial charge on any atom is -0.495 e. The van der Waals surface area contributed by atoms with Gasteiger partial charge in [0.1, 0.15) is 11.5 Å². The van der Waals surface area contributed by atoms with Gasteiger partial charge >= 0.3 is 0 Å². The average molecular weight is 404 g/mol. The zero-order chi connectivity index (χ0) is 20.1. The van der Waals surface area contributed by atoms with Gasteiger partial charge in [0, 0.05) is 13.0 Å². The van der Waals surface area contributed by atoms with Crippen molar-refractivity contribution in [1.29, 1.82) is 0 Å². The molecule has 0 unspecified atom stereocenters. The van der Waals surface area contributed by atoms with Gasteiger partial charge in [-0.3, -0.25) is 9.52 Å². The van der Waals surface area contributed by atoms with Gasteiger partial charge in [0.15, 0.2) is 0 Å². The first-order valence-electron chi connectivity index (χ1n) is 9.12. The molecule has 1 saturated carbocycles. The van der Waals surface area contributed by atoms with Gasteiger partial charge in [-0.1, -0.05) is 6.07 Å². The maximum Gasteiger partial charge on any atom is 0.261 e. The molecule has 0 heterocycles. The molecule has 0 saturated heterocycles. The molecule has 1 fully saturated rings. The molecule has 0 spiro atoms. The largest absolute Gasteiger partial charge is 0.495 e. The molecule has 150 valence electrons. The fraction of sp³-hybridized carbons (Fsp3) is 0.350. The van der Waals surface area contributed by atoms with Crippen LogP contribution < -0.4 is 19.5 Å². The van der Waals surface area contributed by atoms with E-state index < -0.39 is 10.0 Å². The van der Waals surface area contributed by atoms with Crippen LogP contribution in [0.4, 0.5) is 11.4 Å².